The lowest BCUT2D eigenvalue weighted by atomic mass is 10.0. The molecule has 7 heteroatoms. The second kappa shape index (κ2) is 4.57. The Bertz CT molecular complexity index is 567. The molecule has 1 saturated carbocycles. The van der Waals surface area contributed by atoms with Crippen molar-refractivity contribution in [1.29, 1.82) is 0 Å². The van der Waals surface area contributed by atoms with Gasteiger partial charge in [-0.2, -0.15) is 9.36 Å². The minimum Gasteiger partial charge on any atom is -0.389 e. The summed E-state index contributed by atoms with van der Waals surface area (Å²) in [6.07, 6.45) is 4.11. The number of hydrogen-bond acceptors (Lipinski definition) is 7. The van der Waals surface area contributed by atoms with Gasteiger partial charge >= 0.3 is 0 Å². The van der Waals surface area contributed by atoms with E-state index < -0.39 is 5.60 Å². The van der Waals surface area contributed by atoms with Crippen molar-refractivity contribution in [3.63, 3.8) is 0 Å². The molecule has 2 aromatic heterocycles. The van der Waals surface area contributed by atoms with Gasteiger partial charge in [0.2, 0.25) is 5.82 Å². The van der Waals surface area contributed by atoms with Crippen LogP contribution >= 0.6 is 11.5 Å². The van der Waals surface area contributed by atoms with Gasteiger partial charge in [-0.25, -0.2) is 0 Å². The van der Waals surface area contributed by atoms with Crippen LogP contribution in [-0.2, 0) is 10.3 Å². The maximum atomic E-state index is 5.90. The molecule has 0 aromatic carbocycles. The van der Waals surface area contributed by atoms with E-state index >= 15 is 0 Å². The third-order valence-electron chi connectivity index (χ3n) is 3.74. The second-order valence-corrected chi connectivity index (χ2v) is 5.64. The lowest BCUT2D eigenvalue weighted by Crippen LogP contribution is -2.25. The number of nitrogen functional groups attached to an aromatic ring is 1. The van der Waals surface area contributed by atoms with Gasteiger partial charge in [0, 0.05) is 7.11 Å². The van der Waals surface area contributed by atoms with E-state index in [2.05, 4.69) is 14.5 Å². The van der Waals surface area contributed by atoms with Crippen LogP contribution in [0.2, 0.25) is 0 Å². The van der Waals surface area contributed by atoms with Crippen LogP contribution in [0.25, 0.3) is 11.5 Å². The highest BCUT2D eigenvalue weighted by atomic mass is 32.1. The van der Waals surface area contributed by atoms with Gasteiger partial charge in [-0.1, -0.05) is 5.16 Å². The Morgan fingerprint density at radius 1 is 1.37 bits per heavy atom. The molecule has 0 spiro atoms. The molecule has 2 heterocycles. The third-order valence-corrected chi connectivity index (χ3v) is 4.50. The number of anilines is 1. The van der Waals surface area contributed by atoms with E-state index in [1.54, 1.807) is 7.11 Å². The van der Waals surface area contributed by atoms with E-state index in [-0.39, 0.29) is 0 Å². The Morgan fingerprint density at radius 2 is 2.11 bits per heavy atom. The summed E-state index contributed by atoms with van der Waals surface area (Å²) in [6.45, 7) is 1.88. The monoisotopic (exact) mass is 280 g/mol. The van der Waals surface area contributed by atoms with Crippen molar-refractivity contribution in [1.82, 2.24) is 14.5 Å². The standard InChI is InChI=1S/C12H16N4O2S/c1-7-8(9(13)19-16-7)10-14-11(15-18-10)12(17-2)5-3-4-6-12/h3-6,13H2,1-2H3. The summed E-state index contributed by atoms with van der Waals surface area (Å²) in [6, 6.07) is 0. The molecule has 1 aliphatic rings. The number of hydrogen-bond donors (Lipinski definition) is 1. The van der Waals surface area contributed by atoms with Crippen LogP contribution in [0.5, 0.6) is 0 Å². The fraction of sp³-hybridized carbons (Fsp3) is 0.583. The molecule has 0 atom stereocenters. The second-order valence-electron chi connectivity index (χ2n) is 4.84. The Balaban J connectivity index is 2.00. The topological polar surface area (TPSA) is 87.1 Å². The highest BCUT2D eigenvalue weighted by Crippen LogP contribution is 2.41. The van der Waals surface area contributed by atoms with Gasteiger partial charge in [0.25, 0.3) is 5.89 Å². The van der Waals surface area contributed by atoms with Crippen molar-refractivity contribution in [2.45, 2.75) is 38.2 Å². The predicted octanol–water partition coefficient (Wildman–Crippen LogP) is 2.50. The zero-order valence-corrected chi connectivity index (χ0v) is 11.8. The molecule has 1 aliphatic carbocycles. The van der Waals surface area contributed by atoms with Crippen LogP contribution < -0.4 is 5.73 Å². The Kier molecular flexibility index (Phi) is 3.02. The molecule has 0 aliphatic heterocycles. The Hall–Kier alpha value is -1.47. The normalized spacial score (nSPS) is 18.0. The molecule has 0 amide bonds. The molecule has 0 saturated heterocycles. The minimum atomic E-state index is -0.395. The molecule has 6 nitrogen and oxygen atoms in total. The van der Waals surface area contributed by atoms with Crippen LogP contribution in [0.1, 0.15) is 37.2 Å². The fourth-order valence-corrected chi connectivity index (χ4v) is 3.28. The maximum Gasteiger partial charge on any atom is 0.262 e. The highest BCUT2D eigenvalue weighted by molar-refractivity contribution is 7.10. The van der Waals surface area contributed by atoms with E-state index in [1.165, 1.54) is 11.5 Å². The van der Waals surface area contributed by atoms with Gasteiger partial charge < -0.3 is 15.0 Å². The van der Waals surface area contributed by atoms with Gasteiger partial charge in [-0.05, 0) is 44.1 Å². The molecule has 2 aromatic rings. The Labute approximate surface area is 115 Å². The minimum absolute atomic E-state index is 0.395. The highest BCUT2D eigenvalue weighted by Gasteiger charge is 2.40. The number of ether oxygens (including phenoxy) is 1. The number of aromatic nitrogens is 3. The summed E-state index contributed by atoms with van der Waals surface area (Å²) in [5.41, 5.74) is 7.06. The van der Waals surface area contributed by atoms with Crippen LogP contribution in [0, 0.1) is 6.92 Å². The first-order chi connectivity index (χ1) is 9.16. The van der Waals surface area contributed by atoms with Crippen molar-refractivity contribution in [3.8, 4) is 11.5 Å². The number of rotatable bonds is 3. The molecule has 0 unspecified atom stereocenters. The molecule has 3 rings (SSSR count). The molecular formula is C12H16N4O2S. The quantitative estimate of drug-likeness (QED) is 0.929. The average molecular weight is 280 g/mol. The Morgan fingerprint density at radius 3 is 2.68 bits per heavy atom. The lowest BCUT2D eigenvalue weighted by molar-refractivity contribution is -0.0178. The number of nitrogens with zero attached hydrogens (tertiary/aromatic N) is 3. The van der Waals surface area contributed by atoms with Crippen molar-refractivity contribution in [2.75, 3.05) is 12.8 Å². The first-order valence-electron chi connectivity index (χ1n) is 6.28. The van der Waals surface area contributed by atoms with Crippen molar-refractivity contribution < 1.29 is 9.26 Å². The SMILES string of the molecule is COC1(c2noc(-c3c(C)nsc3N)n2)CCCC1. The zero-order valence-electron chi connectivity index (χ0n) is 11.0. The van der Waals surface area contributed by atoms with Gasteiger partial charge in [0.15, 0.2) is 0 Å². The summed E-state index contributed by atoms with van der Waals surface area (Å²) in [5.74, 6) is 1.05. The summed E-state index contributed by atoms with van der Waals surface area (Å²) in [5, 5.41) is 4.69. The van der Waals surface area contributed by atoms with E-state index in [1.807, 2.05) is 6.92 Å². The molecule has 102 valence electrons. The molecule has 1 fully saturated rings. The van der Waals surface area contributed by atoms with Gasteiger partial charge in [-0.3, -0.25) is 0 Å². The summed E-state index contributed by atoms with van der Waals surface area (Å²) < 4.78 is 15.2. The van der Waals surface area contributed by atoms with Crippen LogP contribution in [-0.4, -0.2) is 21.6 Å². The first kappa shape index (κ1) is 12.6. The third kappa shape index (κ3) is 1.93. The number of nitrogens with two attached hydrogens (primary N) is 1. The van der Waals surface area contributed by atoms with Crippen molar-refractivity contribution in [3.05, 3.63) is 11.5 Å². The van der Waals surface area contributed by atoms with Gasteiger partial charge in [-0.15, -0.1) is 0 Å². The van der Waals surface area contributed by atoms with E-state index in [9.17, 15) is 0 Å². The molecule has 0 radical (unpaired) electrons. The smallest absolute Gasteiger partial charge is 0.262 e. The van der Waals surface area contributed by atoms with Gasteiger partial charge in [0.05, 0.1) is 11.3 Å². The fourth-order valence-electron chi connectivity index (χ4n) is 2.62. The van der Waals surface area contributed by atoms with Crippen molar-refractivity contribution >= 4 is 16.5 Å². The molecule has 19 heavy (non-hydrogen) atoms. The van der Waals surface area contributed by atoms with Crippen LogP contribution in [0.3, 0.4) is 0 Å². The zero-order chi connectivity index (χ0) is 13.5. The largest absolute Gasteiger partial charge is 0.389 e. The summed E-state index contributed by atoms with van der Waals surface area (Å²) in [4.78, 5) is 4.48. The van der Waals surface area contributed by atoms with Crippen molar-refractivity contribution in [2.24, 2.45) is 0 Å². The summed E-state index contributed by atoms with van der Waals surface area (Å²) in [7, 11) is 1.70. The summed E-state index contributed by atoms with van der Waals surface area (Å²) >= 11 is 1.24. The molecule has 2 N–H and O–H groups in total. The number of methoxy groups -OCH3 is 1. The molecule has 0 bridgehead atoms. The number of aryl methyl sites for hydroxylation is 1. The van der Waals surface area contributed by atoms with E-state index in [4.69, 9.17) is 15.0 Å². The van der Waals surface area contributed by atoms with Crippen LogP contribution in [0.15, 0.2) is 4.52 Å². The lowest BCUT2D eigenvalue weighted by Gasteiger charge is -2.22. The van der Waals surface area contributed by atoms with E-state index in [0.717, 1.165) is 36.9 Å². The predicted molar refractivity (Wildman–Crippen MR) is 71.7 cm³/mol. The van der Waals surface area contributed by atoms with E-state index in [0.29, 0.717) is 16.7 Å². The average Bonchev–Trinajstić information content (AvgIpc) is 3.10. The van der Waals surface area contributed by atoms with Gasteiger partial charge in [0.1, 0.15) is 10.6 Å². The van der Waals surface area contributed by atoms with Crippen LogP contribution in [0.4, 0.5) is 5.00 Å². The maximum absolute atomic E-state index is 5.90. The first-order valence-corrected chi connectivity index (χ1v) is 7.05. The molecular weight excluding hydrogens is 264 g/mol.